The highest BCUT2D eigenvalue weighted by Gasteiger charge is 2.18. The van der Waals surface area contributed by atoms with Crippen molar-refractivity contribution in [2.45, 2.75) is 20.3 Å². The topological polar surface area (TPSA) is 89.0 Å². The molecule has 0 fully saturated rings. The van der Waals surface area contributed by atoms with E-state index in [0.29, 0.717) is 22.3 Å². The molecule has 0 aliphatic rings. The Morgan fingerprint density at radius 2 is 2.10 bits per heavy atom. The van der Waals surface area contributed by atoms with Gasteiger partial charge < -0.3 is 15.1 Å². The van der Waals surface area contributed by atoms with E-state index in [0.717, 1.165) is 34.9 Å². The molecular formula is C22H22N4O3. The lowest BCUT2D eigenvalue weighted by atomic mass is 10.1. The Bertz CT molecular complexity index is 1290. The van der Waals surface area contributed by atoms with Crippen molar-refractivity contribution in [3.8, 4) is 11.3 Å². The average molecular weight is 390 g/mol. The zero-order chi connectivity index (χ0) is 20.5. The van der Waals surface area contributed by atoms with Crippen LogP contribution in [-0.2, 0) is 4.74 Å². The summed E-state index contributed by atoms with van der Waals surface area (Å²) in [5, 5.41) is 0.751. The second-order valence-corrected chi connectivity index (χ2v) is 6.93. The molecular weight excluding hydrogens is 368 g/mol. The Balaban J connectivity index is 1.99. The van der Waals surface area contributed by atoms with Crippen LogP contribution >= 0.6 is 0 Å². The van der Waals surface area contributed by atoms with Crippen LogP contribution in [0.25, 0.3) is 33.2 Å². The van der Waals surface area contributed by atoms with E-state index in [1.165, 1.54) is 7.11 Å². The molecule has 148 valence electrons. The normalized spacial score (nSPS) is 11.1. The van der Waals surface area contributed by atoms with Gasteiger partial charge in [-0.2, -0.15) is 0 Å². The largest absolute Gasteiger partial charge is 0.465 e. The number of hydrogen-bond acceptors (Lipinski definition) is 5. The third-order valence-corrected chi connectivity index (χ3v) is 4.95. The summed E-state index contributed by atoms with van der Waals surface area (Å²) in [5.74, 6) is -0.428. The number of ether oxygens (including phenoxy) is 1. The monoisotopic (exact) mass is 390 g/mol. The van der Waals surface area contributed by atoms with Crippen LogP contribution in [0.2, 0.25) is 0 Å². The third kappa shape index (κ3) is 3.24. The van der Waals surface area contributed by atoms with Gasteiger partial charge in [-0.05, 0) is 43.2 Å². The minimum atomic E-state index is -0.428. The number of nitrogens with zero attached hydrogens (tertiary/aromatic N) is 2. The number of benzene rings is 2. The molecule has 0 spiro atoms. The van der Waals surface area contributed by atoms with Crippen molar-refractivity contribution in [2.24, 2.45) is 0 Å². The number of carbonyl (C=O) groups excluding carboxylic acids is 1. The van der Waals surface area contributed by atoms with E-state index < -0.39 is 5.97 Å². The zero-order valence-corrected chi connectivity index (χ0v) is 16.6. The predicted octanol–water partition coefficient (Wildman–Crippen LogP) is 3.59. The van der Waals surface area contributed by atoms with E-state index in [4.69, 9.17) is 4.74 Å². The number of aromatic nitrogens is 3. The summed E-state index contributed by atoms with van der Waals surface area (Å²) in [6.07, 6.45) is 2.80. The summed E-state index contributed by atoms with van der Waals surface area (Å²) in [6, 6.07) is 11.0. The summed E-state index contributed by atoms with van der Waals surface area (Å²) in [6.45, 7) is 4.78. The van der Waals surface area contributed by atoms with E-state index in [1.54, 1.807) is 12.1 Å². The maximum Gasteiger partial charge on any atom is 0.337 e. The van der Waals surface area contributed by atoms with E-state index in [-0.39, 0.29) is 5.56 Å². The Kier molecular flexibility index (Phi) is 4.80. The van der Waals surface area contributed by atoms with Gasteiger partial charge in [-0.15, -0.1) is 0 Å². The number of nitrogens with one attached hydrogen (secondary N) is 2. The Hall–Kier alpha value is -3.61. The molecule has 2 aromatic carbocycles. The van der Waals surface area contributed by atoms with Crippen LogP contribution in [0.15, 0.2) is 47.4 Å². The smallest absolute Gasteiger partial charge is 0.337 e. The van der Waals surface area contributed by atoms with Crippen LogP contribution in [0.3, 0.4) is 0 Å². The van der Waals surface area contributed by atoms with Crippen molar-refractivity contribution in [2.75, 3.05) is 19.1 Å². The second-order valence-electron chi connectivity index (χ2n) is 6.93. The molecule has 4 aromatic rings. The lowest BCUT2D eigenvalue weighted by Crippen LogP contribution is -2.14. The molecule has 0 amide bonds. The van der Waals surface area contributed by atoms with Gasteiger partial charge in [0.25, 0.3) is 5.56 Å². The van der Waals surface area contributed by atoms with Gasteiger partial charge in [0, 0.05) is 23.7 Å². The number of para-hydroxylation sites is 1. The SMILES string of the molecule is CCCNn1cc(-c2nc3cccc(C)c3[nH]c2=O)c2cc(C(=O)OC)ccc21. The molecule has 0 saturated carbocycles. The Labute approximate surface area is 167 Å². The molecule has 0 aliphatic heterocycles. The van der Waals surface area contributed by atoms with Gasteiger partial charge in [-0.3, -0.25) is 9.47 Å². The van der Waals surface area contributed by atoms with Crippen LogP contribution in [0.1, 0.15) is 29.3 Å². The van der Waals surface area contributed by atoms with Crippen LogP contribution in [-0.4, -0.2) is 34.3 Å². The van der Waals surface area contributed by atoms with Crippen molar-refractivity contribution in [3.63, 3.8) is 0 Å². The minimum absolute atomic E-state index is 0.273. The minimum Gasteiger partial charge on any atom is -0.465 e. The average Bonchev–Trinajstić information content (AvgIpc) is 3.09. The highest BCUT2D eigenvalue weighted by molar-refractivity contribution is 6.01. The van der Waals surface area contributed by atoms with Gasteiger partial charge in [-0.1, -0.05) is 19.1 Å². The van der Waals surface area contributed by atoms with Crippen LogP contribution < -0.4 is 11.0 Å². The molecule has 7 nitrogen and oxygen atoms in total. The molecule has 2 heterocycles. The van der Waals surface area contributed by atoms with Crippen molar-refractivity contribution >= 4 is 27.9 Å². The van der Waals surface area contributed by atoms with Crippen molar-refractivity contribution in [1.29, 1.82) is 0 Å². The highest BCUT2D eigenvalue weighted by Crippen LogP contribution is 2.29. The number of carbonyl (C=O) groups is 1. The van der Waals surface area contributed by atoms with Gasteiger partial charge in [0.15, 0.2) is 0 Å². The zero-order valence-electron chi connectivity index (χ0n) is 16.6. The third-order valence-electron chi connectivity index (χ3n) is 4.95. The number of esters is 1. The first-order valence-electron chi connectivity index (χ1n) is 9.50. The molecule has 0 unspecified atom stereocenters. The van der Waals surface area contributed by atoms with Crippen LogP contribution in [0.4, 0.5) is 0 Å². The fourth-order valence-corrected chi connectivity index (χ4v) is 3.46. The lowest BCUT2D eigenvalue weighted by molar-refractivity contribution is 0.0601. The van der Waals surface area contributed by atoms with Gasteiger partial charge >= 0.3 is 5.97 Å². The first-order chi connectivity index (χ1) is 14.0. The Morgan fingerprint density at radius 3 is 2.86 bits per heavy atom. The summed E-state index contributed by atoms with van der Waals surface area (Å²) in [7, 11) is 1.35. The van der Waals surface area contributed by atoms with E-state index in [2.05, 4.69) is 22.3 Å². The van der Waals surface area contributed by atoms with E-state index >= 15 is 0 Å². The predicted molar refractivity (Wildman–Crippen MR) is 114 cm³/mol. The molecule has 0 atom stereocenters. The van der Waals surface area contributed by atoms with Gasteiger partial charge in [0.1, 0.15) is 5.69 Å². The number of aryl methyl sites for hydroxylation is 1. The van der Waals surface area contributed by atoms with Crippen molar-refractivity contribution in [3.05, 3.63) is 64.1 Å². The number of fused-ring (bicyclic) bond motifs is 2. The second kappa shape index (κ2) is 7.43. The molecule has 0 bridgehead atoms. The van der Waals surface area contributed by atoms with E-state index in [9.17, 15) is 9.59 Å². The van der Waals surface area contributed by atoms with Gasteiger partial charge in [0.05, 0.1) is 29.2 Å². The molecule has 0 saturated heterocycles. The number of hydrogen-bond donors (Lipinski definition) is 2. The summed E-state index contributed by atoms with van der Waals surface area (Å²) in [5.41, 5.74) is 7.68. The summed E-state index contributed by atoms with van der Waals surface area (Å²) in [4.78, 5) is 32.5. The van der Waals surface area contributed by atoms with Gasteiger partial charge in [0.2, 0.25) is 0 Å². The molecule has 0 radical (unpaired) electrons. The highest BCUT2D eigenvalue weighted by atomic mass is 16.5. The fraction of sp³-hybridized carbons (Fsp3) is 0.227. The van der Waals surface area contributed by atoms with Gasteiger partial charge in [-0.25, -0.2) is 9.78 Å². The molecule has 4 rings (SSSR count). The number of H-pyrrole nitrogens is 1. The summed E-state index contributed by atoms with van der Waals surface area (Å²) < 4.78 is 6.72. The quantitative estimate of drug-likeness (QED) is 0.508. The molecule has 7 heteroatoms. The summed E-state index contributed by atoms with van der Waals surface area (Å²) >= 11 is 0. The first-order valence-corrected chi connectivity index (χ1v) is 9.50. The molecule has 2 N–H and O–H groups in total. The first kappa shape index (κ1) is 18.7. The van der Waals surface area contributed by atoms with Crippen molar-refractivity contribution in [1.82, 2.24) is 14.6 Å². The maximum absolute atomic E-state index is 12.9. The van der Waals surface area contributed by atoms with Crippen LogP contribution in [0.5, 0.6) is 0 Å². The van der Waals surface area contributed by atoms with E-state index in [1.807, 2.05) is 42.1 Å². The fourth-order valence-electron chi connectivity index (χ4n) is 3.46. The van der Waals surface area contributed by atoms with Crippen LogP contribution in [0, 0.1) is 6.92 Å². The van der Waals surface area contributed by atoms with Crippen molar-refractivity contribution < 1.29 is 9.53 Å². The number of aromatic amines is 1. The number of rotatable bonds is 5. The molecule has 2 aromatic heterocycles. The lowest BCUT2D eigenvalue weighted by Gasteiger charge is -2.07. The number of methoxy groups -OCH3 is 1. The standard InChI is InChI=1S/C22H22N4O3/c1-4-10-23-26-12-16(15-11-14(22(28)29-3)8-9-18(15)26)20-21(27)25-19-13(2)6-5-7-17(19)24-20/h5-9,11-12,23H,4,10H2,1-3H3,(H,25,27). The Morgan fingerprint density at radius 1 is 1.28 bits per heavy atom. The maximum atomic E-state index is 12.9. The molecule has 29 heavy (non-hydrogen) atoms. The molecule has 0 aliphatic carbocycles.